The van der Waals surface area contributed by atoms with E-state index in [2.05, 4.69) is 29.2 Å². The summed E-state index contributed by atoms with van der Waals surface area (Å²) in [4.78, 5) is 2.59. The number of rotatable bonds is 5. The summed E-state index contributed by atoms with van der Waals surface area (Å²) in [6.45, 7) is 9.02. The zero-order valence-corrected chi connectivity index (χ0v) is 14.1. The standard InChI is InChI=1S/C15H27ClN4/c1-11-14(16)12(19(5)18-11)10-13(17-4)15(2,3)20-8-6-7-9-20/h13,17H,6-10H2,1-5H3. The zero-order valence-electron chi connectivity index (χ0n) is 13.3. The highest BCUT2D eigenvalue weighted by atomic mass is 35.5. The summed E-state index contributed by atoms with van der Waals surface area (Å²) in [5.74, 6) is 0. The summed E-state index contributed by atoms with van der Waals surface area (Å²) >= 11 is 6.40. The van der Waals surface area contributed by atoms with Gasteiger partial charge < -0.3 is 5.32 Å². The van der Waals surface area contributed by atoms with Crippen LogP contribution in [-0.4, -0.2) is 46.4 Å². The van der Waals surface area contributed by atoms with Crippen LogP contribution in [0.1, 0.15) is 38.1 Å². The van der Waals surface area contributed by atoms with Crippen molar-refractivity contribution in [3.63, 3.8) is 0 Å². The van der Waals surface area contributed by atoms with Crippen molar-refractivity contribution in [1.82, 2.24) is 20.0 Å². The minimum atomic E-state index is 0.118. The minimum absolute atomic E-state index is 0.118. The van der Waals surface area contributed by atoms with Gasteiger partial charge in [0.1, 0.15) is 0 Å². The van der Waals surface area contributed by atoms with Crippen LogP contribution in [0, 0.1) is 6.92 Å². The molecule has 1 aliphatic heterocycles. The van der Waals surface area contributed by atoms with Gasteiger partial charge in [-0.05, 0) is 53.8 Å². The second kappa shape index (κ2) is 6.04. The predicted octanol–water partition coefficient (Wildman–Crippen LogP) is 2.39. The van der Waals surface area contributed by atoms with Crippen LogP contribution in [0.15, 0.2) is 0 Å². The molecule has 1 atom stereocenters. The monoisotopic (exact) mass is 298 g/mol. The van der Waals surface area contributed by atoms with Crippen LogP contribution in [0.5, 0.6) is 0 Å². The molecular weight excluding hydrogens is 272 g/mol. The van der Waals surface area contributed by atoms with Crippen molar-refractivity contribution >= 4 is 11.6 Å². The molecule has 0 amide bonds. The van der Waals surface area contributed by atoms with Crippen molar-refractivity contribution in [2.45, 2.75) is 51.6 Å². The molecular formula is C15H27ClN4. The van der Waals surface area contributed by atoms with Crippen LogP contribution in [0.2, 0.25) is 5.02 Å². The van der Waals surface area contributed by atoms with Crippen molar-refractivity contribution in [2.24, 2.45) is 7.05 Å². The molecule has 1 saturated heterocycles. The highest BCUT2D eigenvalue weighted by molar-refractivity contribution is 6.31. The van der Waals surface area contributed by atoms with Crippen LogP contribution in [0.25, 0.3) is 0 Å². The van der Waals surface area contributed by atoms with Crippen LogP contribution in [0.4, 0.5) is 0 Å². The first-order valence-corrected chi connectivity index (χ1v) is 7.86. The molecule has 20 heavy (non-hydrogen) atoms. The van der Waals surface area contributed by atoms with Gasteiger partial charge in [0, 0.05) is 25.0 Å². The Morgan fingerprint density at radius 1 is 1.35 bits per heavy atom. The van der Waals surface area contributed by atoms with Gasteiger partial charge in [-0.25, -0.2) is 0 Å². The molecule has 114 valence electrons. The molecule has 0 saturated carbocycles. The Morgan fingerprint density at radius 3 is 2.40 bits per heavy atom. The maximum absolute atomic E-state index is 6.40. The van der Waals surface area contributed by atoms with E-state index in [0.29, 0.717) is 6.04 Å². The van der Waals surface area contributed by atoms with Crippen LogP contribution < -0.4 is 5.32 Å². The number of aromatic nitrogens is 2. The number of aryl methyl sites for hydroxylation is 2. The van der Waals surface area contributed by atoms with E-state index in [4.69, 9.17) is 11.6 Å². The van der Waals surface area contributed by atoms with E-state index in [1.807, 2.05) is 25.7 Å². The van der Waals surface area contributed by atoms with E-state index in [1.54, 1.807) is 0 Å². The topological polar surface area (TPSA) is 33.1 Å². The smallest absolute Gasteiger partial charge is 0.0847 e. The van der Waals surface area contributed by atoms with Gasteiger partial charge in [-0.1, -0.05) is 11.6 Å². The summed E-state index contributed by atoms with van der Waals surface area (Å²) in [5, 5.41) is 8.72. The summed E-state index contributed by atoms with van der Waals surface area (Å²) in [7, 11) is 4.02. The zero-order chi connectivity index (χ0) is 14.9. The molecule has 0 radical (unpaired) electrons. The van der Waals surface area contributed by atoms with Crippen LogP contribution >= 0.6 is 11.6 Å². The minimum Gasteiger partial charge on any atom is -0.315 e. The molecule has 1 aliphatic rings. The van der Waals surface area contributed by atoms with Crippen LogP contribution in [0.3, 0.4) is 0 Å². The van der Waals surface area contributed by atoms with E-state index < -0.39 is 0 Å². The summed E-state index contributed by atoms with van der Waals surface area (Å²) < 4.78 is 1.92. The number of hydrogen-bond acceptors (Lipinski definition) is 3. The van der Waals surface area contributed by atoms with Gasteiger partial charge in [-0.2, -0.15) is 5.10 Å². The lowest BCUT2D eigenvalue weighted by molar-refractivity contribution is 0.109. The molecule has 1 fully saturated rings. The maximum Gasteiger partial charge on any atom is 0.0847 e. The number of nitrogens with zero attached hydrogens (tertiary/aromatic N) is 3. The fourth-order valence-electron chi connectivity index (χ4n) is 3.31. The van der Waals surface area contributed by atoms with Crippen molar-refractivity contribution in [3.8, 4) is 0 Å². The molecule has 0 bridgehead atoms. The van der Waals surface area contributed by atoms with Gasteiger partial charge in [0.15, 0.2) is 0 Å². The van der Waals surface area contributed by atoms with E-state index in [1.165, 1.54) is 25.9 Å². The molecule has 1 aromatic rings. The van der Waals surface area contributed by atoms with Gasteiger partial charge in [-0.3, -0.25) is 9.58 Å². The van der Waals surface area contributed by atoms with Gasteiger partial charge in [0.2, 0.25) is 0 Å². The van der Waals surface area contributed by atoms with E-state index in [9.17, 15) is 0 Å². The molecule has 0 aliphatic carbocycles. The van der Waals surface area contributed by atoms with Crippen LogP contribution in [-0.2, 0) is 13.5 Å². The molecule has 1 unspecified atom stereocenters. The molecule has 4 nitrogen and oxygen atoms in total. The first kappa shape index (κ1) is 15.8. The number of hydrogen-bond donors (Lipinski definition) is 1. The third-order valence-corrected chi connectivity index (χ3v) is 5.27. The van der Waals surface area contributed by atoms with Gasteiger partial charge >= 0.3 is 0 Å². The third kappa shape index (κ3) is 2.87. The SMILES string of the molecule is CNC(Cc1c(Cl)c(C)nn1C)C(C)(C)N1CCCC1. The summed E-state index contributed by atoms with van der Waals surface area (Å²) in [5.41, 5.74) is 2.15. The third-order valence-electron chi connectivity index (χ3n) is 4.78. The summed E-state index contributed by atoms with van der Waals surface area (Å²) in [6.07, 6.45) is 3.52. The Bertz CT molecular complexity index is 461. The van der Waals surface area contributed by atoms with Gasteiger partial charge in [-0.15, -0.1) is 0 Å². The molecule has 0 spiro atoms. The number of nitrogens with one attached hydrogen (secondary N) is 1. The van der Waals surface area contributed by atoms with Gasteiger partial charge in [0.25, 0.3) is 0 Å². The Morgan fingerprint density at radius 2 is 1.95 bits per heavy atom. The molecule has 0 aromatic carbocycles. The maximum atomic E-state index is 6.40. The van der Waals surface area contributed by atoms with Crippen molar-refractivity contribution in [2.75, 3.05) is 20.1 Å². The Hall–Kier alpha value is -0.580. The number of likely N-dealkylation sites (N-methyl/N-ethyl adjacent to an activating group) is 1. The largest absolute Gasteiger partial charge is 0.315 e. The van der Waals surface area contributed by atoms with Crippen molar-refractivity contribution in [1.29, 1.82) is 0 Å². The van der Waals surface area contributed by atoms with Crippen molar-refractivity contribution < 1.29 is 0 Å². The molecule has 2 heterocycles. The van der Waals surface area contributed by atoms with Gasteiger partial charge in [0.05, 0.1) is 16.4 Å². The number of halogens is 1. The lowest BCUT2D eigenvalue weighted by atomic mass is 9.89. The summed E-state index contributed by atoms with van der Waals surface area (Å²) in [6, 6.07) is 0.355. The normalized spacial score (nSPS) is 18.7. The average Bonchev–Trinajstić information content (AvgIpc) is 2.99. The number of likely N-dealkylation sites (tertiary alicyclic amines) is 1. The molecule has 2 rings (SSSR count). The van der Waals surface area contributed by atoms with E-state index >= 15 is 0 Å². The quantitative estimate of drug-likeness (QED) is 0.906. The fourth-order valence-corrected chi connectivity index (χ4v) is 3.55. The first-order valence-electron chi connectivity index (χ1n) is 7.48. The van der Waals surface area contributed by atoms with Crippen molar-refractivity contribution in [3.05, 3.63) is 16.4 Å². The molecule has 5 heteroatoms. The highest BCUT2D eigenvalue weighted by Crippen LogP contribution is 2.28. The molecule has 1 aromatic heterocycles. The lowest BCUT2D eigenvalue weighted by Crippen LogP contribution is -2.57. The second-order valence-corrected chi connectivity index (χ2v) is 6.74. The second-order valence-electron chi connectivity index (χ2n) is 6.36. The lowest BCUT2D eigenvalue weighted by Gasteiger charge is -2.42. The average molecular weight is 299 g/mol. The Labute approximate surface area is 127 Å². The molecule has 1 N–H and O–H groups in total. The Kier molecular flexibility index (Phi) is 4.77. The fraction of sp³-hybridized carbons (Fsp3) is 0.800. The van der Waals surface area contributed by atoms with E-state index in [-0.39, 0.29) is 5.54 Å². The first-order chi connectivity index (χ1) is 9.37. The predicted molar refractivity (Wildman–Crippen MR) is 84.4 cm³/mol. The van der Waals surface area contributed by atoms with E-state index in [0.717, 1.165) is 22.8 Å². The highest BCUT2D eigenvalue weighted by Gasteiger charge is 2.36. The Balaban J connectivity index is 2.19.